The highest BCUT2D eigenvalue weighted by atomic mass is 32.2. The van der Waals surface area contributed by atoms with E-state index in [-0.39, 0.29) is 110 Å². The highest BCUT2D eigenvalue weighted by Crippen LogP contribution is 2.36. The van der Waals surface area contributed by atoms with E-state index < -0.39 is 307 Å². The molecule has 0 bridgehead atoms. The third kappa shape index (κ3) is 21.0. The monoisotopic (exact) mass is 1830 g/mol. The molecule has 12 aromatic rings. The Kier molecular flexibility index (Phi) is 15.4. The minimum Gasteiger partial charge on any atom is -0.337 e. The van der Waals surface area contributed by atoms with E-state index in [9.17, 15) is 72.0 Å². The molecule has 0 radical (unpaired) electrons. The van der Waals surface area contributed by atoms with Crippen LogP contribution in [0.5, 0.6) is 0 Å². The van der Waals surface area contributed by atoms with Crippen molar-refractivity contribution in [1.29, 1.82) is 0 Å². The number of hydrogen-bond acceptors (Lipinski definition) is 28. The SMILES string of the molecule is [2H]c1c(C([2H])([2H])[2H])cc(C([2H])([2H])[2H])c(N([2H])C(=O)c2sccc2S(=O)(=O)N([2H])c2onc(C([2H])([2H])[2H])c2C([2H])([2H])[2H])c1C(=O)C([2H])([2H])[2H].[2H]c1c(C)cc(C(=O)C([2H])([2H])[2H])c(N([2H])C(=O)c2sccc2S(=O)(=O)N([2H])c2onc(C([2H])([2H])[2H])c2C)c1C.[2H]c1c(C)cc(C(=O)C([2H])([2H])[2H])c(N([2H])C(=O)c2sccc2S(=O)(=O)N([2H])c2onc(C)c2C([2H])([2H])[2H])c1C.[2H]c1c(C)cc(C(=O)C([2H])([2H])[2H])c(N([2H])C(=O)c2sccc2S(=O)(=O)N([2H])c2onc(C)c2C)c1C. The lowest BCUT2D eigenvalue weighted by atomic mass is 10.0. The molecule has 32 nitrogen and oxygen atoms in total. The van der Waals surface area contributed by atoms with Crippen LogP contribution in [0, 0.1) is 110 Å². The van der Waals surface area contributed by atoms with E-state index in [4.69, 9.17) is 71.5 Å². The van der Waals surface area contributed by atoms with Gasteiger partial charge in [-0.15, -0.1) is 45.3 Å². The van der Waals surface area contributed by atoms with Crippen molar-refractivity contribution in [3.05, 3.63) is 226 Å². The molecule has 0 unspecified atom stereocenters. The largest absolute Gasteiger partial charge is 0.337 e. The predicted octanol–water partition coefficient (Wildman–Crippen LogP) is 16.9. The van der Waals surface area contributed by atoms with Crippen LogP contribution in [0.1, 0.15) is 244 Å². The summed E-state index contributed by atoms with van der Waals surface area (Å²) in [5.74, 6) is -15.1. The van der Waals surface area contributed by atoms with E-state index in [2.05, 4.69) is 25.1 Å². The van der Waals surface area contributed by atoms with Crippen LogP contribution in [0.25, 0.3) is 0 Å². The van der Waals surface area contributed by atoms with Crippen LogP contribution in [0.4, 0.5) is 46.3 Å². The molecule has 8 heterocycles. The van der Waals surface area contributed by atoms with E-state index in [1.54, 1.807) is 6.92 Å². The number of ketones is 4. The molecule has 0 aliphatic rings. The molecule has 0 saturated heterocycles. The Morgan fingerprint density at radius 1 is 0.333 bits per heavy atom. The number of anilines is 8. The standard InChI is InChI=1S/4C20H21N3O5S2/c4*1-10-8-11(2)17(15(9-10)14(5)24)21-19(25)18-16(6-7-29-18)30(26,27)23-20-12(3)13(4)22-28-20/h4*6-9,23H,1-5H3,(H,21,25)/i1D3,2D3,3D3,4D3,5D3,9D;4D3,5D3,8D;3D3,5D3,8D;5D3,8D/hD8. The fourth-order valence-electron chi connectivity index (χ4n) is 9.98. The summed E-state index contributed by atoms with van der Waals surface area (Å²) in [7, 11) is -20.0. The quantitative estimate of drug-likeness (QED) is 0.0260. The molecule has 40 heteroatoms. The van der Waals surface area contributed by atoms with E-state index in [1.165, 1.54) is 78.5 Å². The maximum absolute atomic E-state index is 13.7. The van der Waals surface area contributed by atoms with Crippen LogP contribution >= 0.6 is 45.3 Å². The summed E-state index contributed by atoms with van der Waals surface area (Å²) in [6.07, 6.45) is 0. The van der Waals surface area contributed by atoms with Crippen LogP contribution < -0.4 is 40.1 Å². The first-order valence-electron chi connectivity index (χ1n) is 53.3. The Balaban J connectivity index is 0.000000239. The first-order valence-corrected chi connectivity index (χ1v) is 42.0. The molecule has 120 heavy (non-hydrogen) atoms. The number of aryl methyl sites for hydroxylation is 9. The number of carbonyl (C=O) groups excluding carboxylic acids is 8. The number of aromatic nitrogens is 4. The third-order valence-corrected chi connectivity index (χ3v) is 25.0. The van der Waals surface area contributed by atoms with Gasteiger partial charge in [0, 0.05) is 85.6 Å². The van der Waals surface area contributed by atoms with Crippen molar-refractivity contribution in [2.75, 3.05) is 40.1 Å². The van der Waals surface area contributed by atoms with Crippen molar-refractivity contribution in [3.8, 4) is 0 Å². The highest BCUT2D eigenvalue weighted by Gasteiger charge is 2.33. The summed E-state index contributed by atoms with van der Waals surface area (Å²) in [6, 6.07) is 5.49. The van der Waals surface area contributed by atoms with Crippen LogP contribution in [0.15, 0.2) is 132 Å². The molecular formula is C80H84N12O20S8. The molecule has 0 fully saturated rings. The molecule has 0 aliphatic carbocycles. The molecule has 4 aromatic carbocycles. The molecule has 0 saturated carbocycles. The number of thiophene rings is 4. The maximum Gasteiger partial charge on any atom is 0.267 e. The minimum atomic E-state index is -5.44. The number of nitrogens with zero attached hydrogens (tertiary/aromatic N) is 4. The highest BCUT2D eigenvalue weighted by molar-refractivity contribution is 7.94. The van der Waals surface area contributed by atoms with Gasteiger partial charge in [0.1, 0.15) is 39.1 Å². The molecule has 0 aliphatic heterocycles. The second kappa shape index (κ2) is 37.2. The van der Waals surface area contributed by atoms with Crippen molar-refractivity contribution in [2.45, 2.75) is 157 Å². The first kappa shape index (κ1) is 49.6. The van der Waals surface area contributed by atoms with Gasteiger partial charge in [0.2, 0.25) is 23.5 Å². The average Bonchev–Trinajstić information content (AvgIpc) is 1.38. The lowest BCUT2D eigenvalue weighted by Gasteiger charge is -2.14. The van der Waals surface area contributed by atoms with Crippen LogP contribution in [-0.2, 0) is 40.1 Å². The average molecular weight is 1830 g/mol. The smallest absolute Gasteiger partial charge is 0.267 e. The number of amides is 4. The third-order valence-electron chi connectivity index (χ3n) is 15.7. The summed E-state index contributed by atoms with van der Waals surface area (Å²) in [5, 5.41) is 18.1. The Morgan fingerprint density at radius 2 is 0.608 bits per heavy atom. The topological polar surface area (TPSA) is 473 Å². The van der Waals surface area contributed by atoms with Gasteiger partial charge in [-0.05, 0) is 252 Å². The number of rotatable bonds is 24. The lowest BCUT2D eigenvalue weighted by Crippen LogP contribution is -2.20. The fraction of sp³-hybridized carbons (Fsp3) is 0.250. The summed E-state index contributed by atoms with van der Waals surface area (Å²) >= 11 is 2.09. The number of benzene rings is 4. The van der Waals surface area contributed by atoms with E-state index in [1.807, 2.05) is 0 Å². The molecule has 0 spiro atoms. The van der Waals surface area contributed by atoms with Gasteiger partial charge in [-0.1, -0.05) is 44.8 Å². The molecule has 8 aromatic heterocycles. The normalized spacial score (nSPS) is 17.5. The maximum atomic E-state index is 13.7. The van der Waals surface area contributed by atoms with Crippen molar-refractivity contribution < 1.29 is 148 Å². The Morgan fingerprint density at radius 3 is 0.892 bits per heavy atom. The second-order valence-electron chi connectivity index (χ2n) is 24.4. The van der Waals surface area contributed by atoms with Gasteiger partial charge in [0.05, 0.1) is 51.0 Å². The van der Waals surface area contributed by atoms with Gasteiger partial charge in [-0.2, -0.15) is 0 Å². The molecule has 4 amide bonds. The van der Waals surface area contributed by atoms with Crippen LogP contribution in [0.2, 0.25) is 11.3 Å². The Labute approximate surface area is 767 Å². The zero-order chi connectivity index (χ0) is 124. The Hall–Kier alpha value is -11.9. The first-order chi connectivity index (χ1) is 73.3. The molecule has 8 N–H and O–H groups in total. The van der Waals surface area contributed by atoms with Crippen molar-refractivity contribution in [3.63, 3.8) is 0 Å². The van der Waals surface area contributed by atoms with Gasteiger partial charge < -0.3 is 39.3 Å². The fourth-order valence-corrected chi connectivity index (χ4v) is 18.9. The number of sulfonamides is 4. The predicted molar refractivity (Wildman–Crippen MR) is 460 cm³/mol. The number of carbonyl (C=O) groups is 8. The molecular weight excluding hydrogens is 1710 g/mol. The van der Waals surface area contributed by atoms with E-state index in [0.29, 0.717) is 57.4 Å². The second-order valence-corrected chi connectivity index (χ2v) is 34.3. The number of nitrogens with one attached hydrogen (secondary N) is 8. The van der Waals surface area contributed by atoms with Gasteiger partial charge in [0.15, 0.2) is 34.4 Å². The number of hydrogen-bond donors (Lipinski definition) is 8. The van der Waals surface area contributed by atoms with Crippen molar-refractivity contribution in [1.82, 2.24) is 20.6 Å². The summed E-state index contributed by atoms with van der Waals surface area (Å²) < 4.78 is 451. The van der Waals surface area contributed by atoms with Crippen molar-refractivity contribution >= 4 is 178 Å². The molecule has 0 atom stereocenters. The lowest BCUT2D eigenvalue weighted by molar-refractivity contribution is 0.100. The van der Waals surface area contributed by atoms with Gasteiger partial charge in [-0.3, -0.25) is 38.4 Å². The number of Topliss-reactive ketones (excluding diaryl/α,β-unsaturated/α-hetero) is 4. The van der Waals surface area contributed by atoms with E-state index >= 15 is 0 Å². The summed E-state index contributed by atoms with van der Waals surface area (Å²) in [4.78, 5) is 98.9. The van der Waals surface area contributed by atoms with Gasteiger partial charge in [-0.25, -0.2) is 52.5 Å². The Bertz CT molecular complexity index is 8420. The van der Waals surface area contributed by atoms with Crippen LogP contribution in [0.3, 0.4) is 0 Å². The van der Waals surface area contributed by atoms with E-state index in [0.717, 1.165) is 41.8 Å². The molecule has 632 valence electrons. The zero-order valence-electron chi connectivity index (χ0n) is 105. The summed E-state index contributed by atoms with van der Waals surface area (Å²) in [5.41, 5.74) is -11.1. The molecule has 12 rings (SSSR count). The van der Waals surface area contributed by atoms with Gasteiger partial charge in [0.25, 0.3) is 63.7 Å². The zero-order valence-corrected chi connectivity index (χ0v) is 69.3. The minimum absolute atomic E-state index is 0.0122. The summed E-state index contributed by atoms with van der Waals surface area (Å²) in [6.45, 7) is -18.2. The van der Waals surface area contributed by atoms with Crippen LogP contribution in [-0.4, -0.2) is 101 Å². The van der Waals surface area contributed by atoms with Gasteiger partial charge >= 0.3 is 0 Å². The van der Waals surface area contributed by atoms with Crippen molar-refractivity contribution in [2.24, 2.45) is 0 Å².